The molecule has 0 aliphatic carbocycles. The van der Waals surface area contributed by atoms with Crippen LogP contribution in [0.1, 0.15) is 34.3 Å². The highest BCUT2D eigenvalue weighted by atomic mass is 35.5. The fourth-order valence-corrected chi connectivity index (χ4v) is 5.87. The van der Waals surface area contributed by atoms with Gasteiger partial charge in [0.15, 0.2) is 0 Å². The van der Waals surface area contributed by atoms with Crippen LogP contribution in [-0.2, 0) is 28.0 Å². The fraction of sp³-hybridized carbons (Fsp3) is 0.286. The minimum absolute atomic E-state index is 0.105. The minimum atomic E-state index is -3.97. The molecule has 0 bridgehead atoms. The van der Waals surface area contributed by atoms with Gasteiger partial charge in [0.05, 0.1) is 11.3 Å². The largest absolute Gasteiger partial charge is 0.488 e. The van der Waals surface area contributed by atoms with Gasteiger partial charge >= 0.3 is 6.09 Å². The molecular weight excluding hydrogens is 528 g/mol. The number of hydrogen-bond acceptors (Lipinski definition) is 6. The number of para-hydroxylation sites is 1. The lowest BCUT2D eigenvalue weighted by atomic mass is 10.0. The summed E-state index contributed by atoms with van der Waals surface area (Å²) in [5, 5.41) is 0.564. The van der Waals surface area contributed by atoms with E-state index in [-0.39, 0.29) is 42.7 Å². The number of carbonyl (C=O) groups is 2. The number of rotatable bonds is 9. The number of benzene rings is 3. The molecule has 1 unspecified atom stereocenters. The molecule has 3 aromatic carbocycles. The van der Waals surface area contributed by atoms with Crippen LogP contribution in [-0.4, -0.2) is 44.2 Å². The Labute approximate surface area is 227 Å². The summed E-state index contributed by atoms with van der Waals surface area (Å²) in [4.78, 5) is 27.0. The zero-order valence-corrected chi connectivity index (χ0v) is 22.3. The minimum Gasteiger partial charge on any atom is -0.488 e. The summed E-state index contributed by atoms with van der Waals surface area (Å²) < 4.78 is 39.1. The highest BCUT2D eigenvalue weighted by Gasteiger charge is 2.29. The Morgan fingerprint density at radius 1 is 0.947 bits per heavy atom. The summed E-state index contributed by atoms with van der Waals surface area (Å²) in [6.45, 7) is 1.04. The van der Waals surface area contributed by atoms with Crippen LogP contribution in [0.25, 0.3) is 0 Å². The van der Waals surface area contributed by atoms with Gasteiger partial charge in [-0.25, -0.2) is 17.9 Å². The lowest BCUT2D eigenvalue weighted by molar-refractivity contribution is 0.0811. The van der Waals surface area contributed by atoms with Crippen molar-refractivity contribution in [2.45, 2.75) is 26.1 Å². The van der Waals surface area contributed by atoms with E-state index in [0.717, 1.165) is 11.1 Å². The van der Waals surface area contributed by atoms with Gasteiger partial charge in [-0.05, 0) is 54.2 Å². The lowest BCUT2D eigenvalue weighted by Gasteiger charge is -2.31. The summed E-state index contributed by atoms with van der Waals surface area (Å²) in [5.41, 5.74) is 1.79. The van der Waals surface area contributed by atoms with Crippen LogP contribution in [0.4, 0.5) is 4.79 Å². The molecule has 1 fully saturated rings. The van der Waals surface area contributed by atoms with Crippen LogP contribution in [0, 0.1) is 5.92 Å². The Hall–Kier alpha value is -3.56. The first-order valence-corrected chi connectivity index (χ1v) is 14.3. The van der Waals surface area contributed by atoms with Gasteiger partial charge < -0.3 is 14.4 Å². The molecular formula is C28H29ClN2O6S. The number of sulfonamides is 1. The Morgan fingerprint density at radius 2 is 1.68 bits per heavy atom. The highest BCUT2D eigenvalue weighted by Crippen LogP contribution is 2.22. The molecule has 0 aromatic heterocycles. The molecule has 0 spiro atoms. The summed E-state index contributed by atoms with van der Waals surface area (Å²) in [6.07, 6.45) is 0.789. The van der Waals surface area contributed by atoms with Crippen molar-refractivity contribution in [2.75, 3.05) is 18.8 Å². The van der Waals surface area contributed by atoms with E-state index in [1.807, 2.05) is 36.4 Å². The molecule has 2 amide bonds. The molecule has 8 nitrogen and oxygen atoms in total. The number of amides is 2. The van der Waals surface area contributed by atoms with Gasteiger partial charge in [-0.3, -0.25) is 4.79 Å². The molecule has 4 rings (SSSR count). The van der Waals surface area contributed by atoms with Crippen LogP contribution < -0.4 is 9.46 Å². The van der Waals surface area contributed by atoms with E-state index in [9.17, 15) is 18.0 Å². The molecule has 3 aromatic rings. The maximum absolute atomic E-state index is 12.9. The summed E-state index contributed by atoms with van der Waals surface area (Å²) in [5.74, 6) is -1.13. The molecule has 200 valence electrons. The zero-order chi connectivity index (χ0) is 27.0. The molecule has 1 atom stereocenters. The smallest absolute Gasteiger partial charge is 0.410 e. The predicted molar refractivity (Wildman–Crippen MR) is 144 cm³/mol. The lowest BCUT2D eigenvalue weighted by Crippen LogP contribution is -2.44. The number of nitrogens with one attached hydrogen (secondary N) is 1. The molecule has 38 heavy (non-hydrogen) atoms. The summed E-state index contributed by atoms with van der Waals surface area (Å²) >= 11 is 6.01. The average Bonchev–Trinajstić information content (AvgIpc) is 2.91. The highest BCUT2D eigenvalue weighted by molar-refractivity contribution is 7.90. The standard InChI is InChI=1S/C28H29ClN2O6S/c29-24-12-6-10-22(16-24)19-36-26-14-5-4-13-25(26)27(32)30-38(34,35)20-23-11-7-15-31(17-23)28(33)37-18-21-8-2-1-3-9-21/h1-6,8-10,12-14,16,23H,7,11,15,17-20H2,(H,30,32). The number of nitrogens with zero attached hydrogens (tertiary/aromatic N) is 1. The topological polar surface area (TPSA) is 102 Å². The summed E-state index contributed by atoms with van der Waals surface area (Å²) in [6, 6.07) is 22.9. The van der Waals surface area contributed by atoms with Crippen LogP contribution in [0.5, 0.6) is 5.75 Å². The van der Waals surface area contributed by atoms with E-state index in [1.54, 1.807) is 36.4 Å². The van der Waals surface area contributed by atoms with Crippen molar-refractivity contribution >= 4 is 33.6 Å². The fourth-order valence-electron chi connectivity index (χ4n) is 4.29. The van der Waals surface area contributed by atoms with E-state index in [4.69, 9.17) is 21.1 Å². The molecule has 1 aliphatic heterocycles. The zero-order valence-electron chi connectivity index (χ0n) is 20.7. The van der Waals surface area contributed by atoms with Gasteiger partial charge in [0.2, 0.25) is 10.0 Å². The molecule has 1 N–H and O–H groups in total. The van der Waals surface area contributed by atoms with Gasteiger partial charge in [0.25, 0.3) is 5.91 Å². The van der Waals surface area contributed by atoms with Gasteiger partial charge in [0, 0.05) is 18.1 Å². The predicted octanol–water partition coefficient (Wildman–Crippen LogP) is 5.03. The van der Waals surface area contributed by atoms with Crippen molar-refractivity contribution in [3.8, 4) is 5.75 Å². The van der Waals surface area contributed by atoms with Crippen LogP contribution in [0.2, 0.25) is 5.02 Å². The van der Waals surface area contributed by atoms with Crippen LogP contribution in [0.3, 0.4) is 0 Å². The number of piperidine rings is 1. The molecule has 0 saturated carbocycles. The normalized spacial score (nSPS) is 15.5. The Balaban J connectivity index is 1.32. The van der Waals surface area contributed by atoms with E-state index >= 15 is 0 Å². The van der Waals surface area contributed by atoms with E-state index in [1.165, 1.54) is 11.0 Å². The third-order valence-corrected chi connectivity index (χ3v) is 7.74. The van der Waals surface area contributed by atoms with Crippen molar-refractivity contribution in [3.05, 3.63) is 101 Å². The van der Waals surface area contributed by atoms with Gasteiger partial charge in [0.1, 0.15) is 19.0 Å². The second-order valence-electron chi connectivity index (χ2n) is 9.12. The maximum atomic E-state index is 12.9. The number of likely N-dealkylation sites (tertiary alicyclic amines) is 1. The SMILES string of the molecule is O=C(NS(=O)(=O)CC1CCCN(C(=O)OCc2ccccc2)C1)c1ccccc1OCc1cccc(Cl)c1. The second-order valence-corrected chi connectivity index (χ2v) is 11.3. The van der Waals surface area contributed by atoms with Crippen molar-refractivity contribution in [2.24, 2.45) is 5.92 Å². The van der Waals surface area contributed by atoms with Crippen LogP contribution >= 0.6 is 11.6 Å². The molecule has 1 saturated heterocycles. The first-order chi connectivity index (χ1) is 18.3. The van der Waals surface area contributed by atoms with Crippen molar-refractivity contribution in [1.82, 2.24) is 9.62 Å². The Kier molecular flexibility index (Phi) is 9.25. The first kappa shape index (κ1) is 27.5. The first-order valence-electron chi connectivity index (χ1n) is 12.3. The third kappa shape index (κ3) is 7.97. The van der Waals surface area contributed by atoms with E-state index < -0.39 is 22.0 Å². The van der Waals surface area contributed by atoms with Crippen LogP contribution in [0.15, 0.2) is 78.9 Å². The number of carbonyl (C=O) groups excluding carboxylic acids is 2. The second kappa shape index (κ2) is 12.8. The monoisotopic (exact) mass is 556 g/mol. The average molecular weight is 557 g/mol. The summed E-state index contributed by atoms with van der Waals surface area (Å²) in [7, 11) is -3.97. The van der Waals surface area contributed by atoms with Gasteiger partial charge in [-0.1, -0.05) is 66.2 Å². The quantitative estimate of drug-likeness (QED) is 0.397. The molecule has 10 heteroatoms. The van der Waals surface area contributed by atoms with Gasteiger partial charge in [-0.15, -0.1) is 0 Å². The number of ether oxygens (including phenoxy) is 2. The number of hydrogen-bond donors (Lipinski definition) is 1. The van der Waals surface area contributed by atoms with E-state index in [2.05, 4.69) is 4.72 Å². The van der Waals surface area contributed by atoms with Crippen molar-refractivity contribution in [3.63, 3.8) is 0 Å². The van der Waals surface area contributed by atoms with Crippen molar-refractivity contribution in [1.29, 1.82) is 0 Å². The van der Waals surface area contributed by atoms with E-state index in [0.29, 0.717) is 24.4 Å². The molecule has 1 heterocycles. The Morgan fingerprint density at radius 3 is 2.47 bits per heavy atom. The van der Waals surface area contributed by atoms with Gasteiger partial charge in [-0.2, -0.15) is 0 Å². The van der Waals surface area contributed by atoms with Crippen molar-refractivity contribution < 1.29 is 27.5 Å². The molecule has 1 aliphatic rings. The Bertz CT molecular complexity index is 1370. The maximum Gasteiger partial charge on any atom is 0.410 e. The molecule has 0 radical (unpaired) electrons. The number of halogens is 1. The third-order valence-electron chi connectivity index (χ3n) is 6.10.